The van der Waals surface area contributed by atoms with Gasteiger partial charge in [0.25, 0.3) is 0 Å². The molecular formula is C13H28N2O. The second kappa shape index (κ2) is 6.58. The minimum Gasteiger partial charge on any atom is -0.389 e. The first-order valence-electron chi connectivity index (χ1n) is 6.82. The quantitative estimate of drug-likeness (QED) is 0.725. The fourth-order valence-electron chi connectivity index (χ4n) is 2.52. The molecule has 1 saturated heterocycles. The normalized spacial score (nSPS) is 19.3. The summed E-state index contributed by atoms with van der Waals surface area (Å²) >= 11 is 0. The van der Waals surface area contributed by atoms with E-state index in [4.69, 9.17) is 0 Å². The van der Waals surface area contributed by atoms with Crippen molar-refractivity contribution in [3.8, 4) is 0 Å². The average molecular weight is 228 g/mol. The van der Waals surface area contributed by atoms with E-state index in [-0.39, 0.29) is 0 Å². The van der Waals surface area contributed by atoms with E-state index < -0.39 is 5.60 Å². The minimum atomic E-state index is -0.485. The summed E-state index contributed by atoms with van der Waals surface area (Å²) in [6, 6.07) is 0.663. The summed E-state index contributed by atoms with van der Waals surface area (Å²) in [5, 5.41) is 13.8. The standard InChI is InChI=1S/C13H28N2O/c1-4-13(16,5-2)11-15(6-3)12-7-9-14-10-8-12/h12,14,16H,4-11H2,1-3H3. The highest BCUT2D eigenvalue weighted by Crippen LogP contribution is 2.20. The van der Waals surface area contributed by atoms with Crippen molar-refractivity contribution in [1.29, 1.82) is 0 Å². The predicted octanol–water partition coefficient (Wildman–Crippen LogP) is 1.61. The fourth-order valence-corrected chi connectivity index (χ4v) is 2.52. The zero-order chi connectivity index (χ0) is 12.0. The smallest absolute Gasteiger partial charge is 0.0769 e. The van der Waals surface area contributed by atoms with E-state index in [1.165, 1.54) is 12.8 Å². The van der Waals surface area contributed by atoms with Gasteiger partial charge in [-0.1, -0.05) is 20.8 Å². The van der Waals surface area contributed by atoms with Gasteiger partial charge < -0.3 is 10.4 Å². The minimum absolute atomic E-state index is 0.485. The summed E-state index contributed by atoms with van der Waals surface area (Å²) < 4.78 is 0. The van der Waals surface area contributed by atoms with Crippen LogP contribution in [-0.4, -0.2) is 47.8 Å². The lowest BCUT2D eigenvalue weighted by Gasteiger charge is -2.39. The molecule has 0 spiro atoms. The molecule has 0 aliphatic carbocycles. The summed E-state index contributed by atoms with van der Waals surface area (Å²) in [4.78, 5) is 2.47. The molecule has 0 saturated carbocycles. The molecule has 0 atom stereocenters. The number of hydrogen-bond acceptors (Lipinski definition) is 3. The molecule has 0 aromatic rings. The molecule has 0 unspecified atom stereocenters. The van der Waals surface area contributed by atoms with E-state index in [0.29, 0.717) is 6.04 Å². The zero-order valence-electron chi connectivity index (χ0n) is 11.1. The van der Waals surface area contributed by atoms with Crippen LogP contribution in [0.5, 0.6) is 0 Å². The topological polar surface area (TPSA) is 35.5 Å². The van der Waals surface area contributed by atoms with Crippen LogP contribution in [0, 0.1) is 0 Å². The van der Waals surface area contributed by atoms with Crippen molar-refractivity contribution in [2.45, 2.75) is 58.1 Å². The second-order valence-electron chi connectivity index (χ2n) is 4.98. The first-order chi connectivity index (χ1) is 7.65. The van der Waals surface area contributed by atoms with Gasteiger partial charge >= 0.3 is 0 Å². The third-order valence-corrected chi connectivity index (χ3v) is 4.04. The number of rotatable bonds is 6. The maximum atomic E-state index is 10.4. The SMILES string of the molecule is CCN(CC(O)(CC)CC)C1CCNCC1. The molecule has 2 N–H and O–H groups in total. The van der Waals surface area contributed by atoms with E-state index in [1.54, 1.807) is 0 Å². The third-order valence-electron chi connectivity index (χ3n) is 4.04. The summed E-state index contributed by atoms with van der Waals surface area (Å²) in [6.45, 7) is 10.5. The van der Waals surface area contributed by atoms with Crippen LogP contribution in [0.1, 0.15) is 46.5 Å². The molecule has 1 heterocycles. The first kappa shape index (κ1) is 13.9. The molecule has 96 valence electrons. The monoisotopic (exact) mass is 228 g/mol. The molecule has 1 fully saturated rings. The van der Waals surface area contributed by atoms with Gasteiger partial charge in [-0.2, -0.15) is 0 Å². The summed E-state index contributed by atoms with van der Waals surface area (Å²) in [7, 11) is 0. The van der Waals surface area contributed by atoms with Gasteiger partial charge in [0.05, 0.1) is 5.60 Å². The van der Waals surface area contributed by atoms with Crippen LogP contribution >= 0.6 is 0 Å². The Morgan fingerprint density at radius 1 is 1.19 bits per heavy atom. The summed E-state index contributed by atoms with van der Waals surface area (Å²) in [6.07, 6.45) is 4.14. The van der Waals surface area contributed by atoms with Crippen molar-refractivity contribution < 1.29 is 5.11 Å². The van der Waals surface area contributed by atoms with Gasteiger partial charge in [0.2, 0.25) is 0 Å². The highest BCUT2D eigenvalue weighted by molar-refractivity contribution is 4.84. The molecule has 1 rings (SSSR count). The lowest BCUT2D eigenvalue weighted by atomic mass is 9.94. The van der Waals surface area contributed by atoms with Gasteiger partial charge in [-0.15, -0.1) is 0 Å². The van der Waals surface area contributed by atoms with Gasteiger partial charge in [0.15, 0.2) is 0 Å². The molecule has 0 aromatic heterocycles. The van der Waals surface area contributed by atoms with E-state index in [0.717, 1.165) is 39.0 Å². The Kier molecular flexibility index (Phi) is 5.73. The van der Waals surface area contributed by atoms with Crippen molar-refractivity contribution in [2.24, 2.45) is 0 Å². The summed E-state index contributed by atoms with van der Waals surface area (Å²) in [5.74, 6) is 0. The van der Waals surface area contributed by atoms with Crippen LogP contribution in [-0.2, 0) is 0 Å². The molecule has 0 bridgehead atoms. The maximum Gasteiger partial charge on any atom is 0.0769 e. The first-order valence-corrected chi connectivity index (χ1v) is 6.82. The van der Waals surface area contributed by atoms with Gasteiger partial charge in [-0.25, -0.2) is 0 Å². The molecule has 0 amide bonds. The molecule has 0 aromatic carbocycles. The van der Waals surface area contributed by atoms with Crippen molar-refractivity contribution in [3.05, 3.63) is 0 Å². The van der Waals surface area contributed by atoms with E-state index >= 15 is 0 Å². The lowest BCUT2D eigenvalue weighted by molar-refractivity contribution is -0.0172. The fraction of sp³-hybridized carbons (Fsp3) is 1.00. The Hall–Kier alpha value is -0.120. The molecule has 1 aliphatic heterocycles. The number of aliphatic hydroxyl groups is 1. The predicted molar refractivity (Wildman–Crippen MR) is 68.7 cm³/mol. The van der Waals surface area contributed by atoms with Crippen molar-refractivity contribution in [1.82, 2.24) is 10.2 Å². The van der Waals surface area contributed by atoms with Crippen LogP contribution < -0.4 is 5.32 Å². The molecule has 3 heteroatoms. The van der Waals surface area contributed by atoms with Gasteiger partial charge in [0.1, 0.15) is 0 Å². The highest BCUT2D eigenvalue weighted by atomic mass is 16.3. The van der Waals surface area contributed by atoms with E-state index in [2.05, 4.69) is 31.0 Å². The van der Waals surface area contributed by atoms with Crippen molar-refractivity contribution in [2.75, 3.05) is 26.2 Å². The second-order valence-corrected chi connectivity index (χ2v) is 4.98. The molecule has 3 nitrogen and oxygen atoms in total. The number of hydrogen-bond donors (Lipinski definition) is 2. The van der Waals surface area contributed by atoms with E-state index in [9.17, 15) is 5.11 Å². The number of nitrogens with zero attached hydrogens (tertiary/aromatic N) is 1. The Morgan fingerprint density at radius 3 is 2.19 bits per heavy atom. The van der Waals surface area contributed by atoms with Crippen LogP contribution in [0.4, 0.5) is 0 Å². The van der Waals surface area contributed by atoms with Crippen molar-refractivity contribution in [3.63, 3.8) is 0 Å². The summed E-state index contributed by atoms with van der Waals surface area (Å²) in [5.41, 5.74) is -0.485. The molecular weight excluding hydrogens is 200 g/mol. The van der Waals surface area contributed by atoms with Gasteiger partial charge in [-0.3, -0.25) is 4.90 Å². The Labute approximate surface area is 100 Å². The van der Waals surface area contributed by atoms with Crippen molar-refractivity contribution >= 4 is 0 Å². The maximum absolute atomic E-state index is 10.4. The van der Waals surface area contributed by atoms with Crippen LogP contribution in [0.15, 0.2) is 0 Å². The third kappa shape index (κ3) is 3.72. The van der Waals surface area contributed by atoms with Crippen LogP contribution in [0.25, 0.3) is 0 Å². The Morgan fingerprint density at radius 2 is 1.75 bits per heavy atom. The lowest BCUT2D eigenvalue weighted by Crippen LogP contribution is -2.50. The highest BCUT2D eigenvalue weighted by Gasteiger charge is 2.29. The average Bonchev–Trinajstić information content (AvgIpc) is 2.36. The van der Waals surface area contributed by atoms with Crippen LogP contribution in [0.2, 0.25) is 0 Å². The number of piperidine rings is 1. The zero-order valence-corrected chi connectivity index (χ0v) is 11.1. The van der Waals surface area contributed by atoms with Gasteiger partial charge in [0, 0.05) is 12.6 Å². The molecule has 0 radical (unpaired) electrons. The Balaban J connectivity index is 2.52. The Bertz CT molecular complexity index is 186. The largest absolute Gasteiger partial charge is 0.389 e. The number of likely N-dealkylation sites (N-methyl/N-ethyl adjacent to an activating group) is 1. The number of nitrogens with one attached hydrogen (secondary N) is 1. The molecule has 16 heavy (non-hydrogen) atoms. The van der Waals surface area contributed by atoms with Crippen LogP contribution in [0.3, 0.4) is 0 Å². The molecule has 1 aliphatic rings. The van der Waals surface area contributed by atoms with Gasteiger partial charge in [-0.05, 0) is 45.3 Å². The van der Waals surface area contributed by atoms with E-state index in [1.807, 2.05) is 0 Å².